The van der Waals surface area contributed by atoms with Gasteiger partial charge in [0.25, 0.3) is 0 Å². The van der Waals surface area contributed by atoms with Gasteiger partial charge in [0.15, 0.2) is 0 Å². The maximum Gasteiger partial charge on any atom is 0.226 e. The molecule has 138 valence electrons. The van der Waals surface area contributed by atoms with Crippen molar-refractivity contribution in [3.05, 3.63) is 66.2 Å². The predicted octanol–water partition coefficient (Wildman–Crippen LogP) is 3.37. The summed E-state index contributed by atoms with van der Waals surface area (Å²) in [6.07, 6.45) is 1.60. The van der Waals surface area contributed by atoms with E-state index in [-0.39, 0.29) is 12.0 Å². The van der Waals surface area contributed by atoms with Crippen LogP contribution < -0.4 is 4.90 Å². The number of hydrogen-bond acceptors (Lipinski definition) is 3. The summed E-state index contributed by atoms with van der Waals surface area (Å²) in [6, 6.07) is 20.5. The second-order valence-electron chi connectivity index (χ2n) is 6.72. The van der Waals surface area contributed by atoms with Crippen LogP contribution in [0.25, 0.3) is 0 Å². The third-order valence-corrected chi connectivity index (χ3v) is 4.84. The molecule has 1 aliphatic heterocycles. The van der Waals surface area contributed by atoms with E-state index >= 15 is 0 Å². The van der Waals surface area contributed by atoms with Crippen molar-refractivity contribution in [2.75, 3.05) is 37.7 Å². The predicted molar refractivity (Wildman–Crippen MR) is 105 cm³/mol. The number of ether oxygens (including phenoxy) is 1. The molecule has 1 atom stereocenters. The van der Waals surface area contributed by atoms with Crippen LogP contribution in [0.15, 0.2) is 60.7 Å². The second-order valence-corrected chi connectivity index (χ2v) is 6.72. The number of carbonyl (C=O) groups is 1. The van der Waals surface area contributed by atoms with Gasteiger partial charge in [0, 0.05) is 31.7 Å². The first-order chi connectivity index (χ1) is 12.8. The van der Waals surface area contributed by atoms with Gasteiger partial charge in [-0.3, -0.25) is 9.69 Å². The monoisotopic (exact) mass is 352 g/mol. The summed E-state index contributed by atoms with van der Waals surface area (Å²) >= 11 is 0. The fraction of sp³-hybridized carbons (Fsp3) is 0.409. The standard InChI is InChI=1S/C22H28N2O2/c1-2-22(25)24(20-11-7-4-8-12-20)18-21-17-23(15-16-26-21)14-13-19-9-5-3-6-10-19/h3-12,21H,2,13-18H2,1H3/t21-/m1/s1. The number of carbonyl (C=O) groups excluding carboxylic acids is 1. The smallest absolute Gasteiger partial charge is 0.226 e. The largest absolute Gasteiger partial charge is 0.374 e. The van der Waals surface area contributed by atoms with Crippen molar-refractivity contribution in [3.63, 3.8) is 0 Å². The molecule has 1 heterocycles. The Bertz CT molecular complexity index is 675. The van der Waals surface area contributed by atoms with Crippen LogP contribution in [0.2, 0.25) is 0 Å². The molecule has 2 aromatic rings. The van der Waals surface area contributed by atoms with Crippen LogP contribution in [-0.4, -0.2) is 49.7 Å². The lowest BCUT2D eigenvalue weighted by molar-refractivity contribution is -0.119. The number of para-hydroxylation sites is 1. The number of amides is 1. The van der Waals surface area contributed by atoms with Crippen molar-refractivity contribution in [1.29, 1.82) is 0 Å². The van der Waals surface area contributed by atoms with Crippen molar-refractivity contribution >= 4 is 11.6 Å². The van der Waals surface area contributed by atoms with Gasteiger partial charge in [-0.25, -0.2) is 0 Å². The first kappa shape index (κ1) is 18.6. The van der Waals surface area contributed by atoms with Gasteiger partial charge in [-0.15, -0.1) is 0 Å². The van der Waals surface area contributed by atoms with Gasteiger partial charge < -0.3 is 9.64 Å². The SMILES string of the molecule is CCC(=O)N(C[C@H]1CN(CCc2ccccc2)CCO1)c1ccccc1. The zero-order valence-corrected chi connectivity index (χ0v) is 15.5. The van der Waals surface area contributed by atoms with Crippen LogP contribution >= 0.6 is 0 Å². The molecular formula is C22H28N2O2. The van der Waals surface area contributed by atoms with Gasteiger partial charge in [0.05, 0.1) is 19.3 Å². The van der Waals surface area contributed by atoms with Gasteiger partial charge in [-0.2, -0.15) is 0 Å². The molecule has 0 saturated carbocycles. The molecule has 0 aliphatic carbocycles. The molecule has 0 bridgehead atoms. The summed E-state index contributed by atoms with van der Waals surface area (Å²) in [5.41, 5.74) is 2.31. The van der Waals surface area contributed by atoms with Crippen molar-refractivity contribution in [2.24, 2.45) is 0 Å². The minimum atomic E-state index is 0.0511. The van der Waals surface area contributed by atoms with Gasteiger partial charge in [-0.05, 0) is 24.1 Å². The summed E-state index contributed by atoms with van der Waals surface area (Å²) in [5, 5.41) is 0. The van der Waals surface area contributed by atoms with E-state index < -0.39 is 0 Å². The molecule has 0 unspecified atom stereocenters. The molecule has 0 spiro atoms. The summed E-state index contributed by atoms with van der Waals surface area (Å²) in [4.78, 5) is 16.7. The maximum absolute atomic E-state index is 12.4. The fourth-order valence-electron chi connectivity index (χ4n) is 3.38. The van der Waals surface area contributed by atoms with E-state index in [0.717, 1.165) is 38.3 Å². The lowest BCUT2D eigenvalue weighted by atomic mass is 10.1. The van der Waals surface area contributed by atoms with Gasteiger partial charge >= 0.3 is 0 Å². The highest BCUT2D eigenvalue weighted by Crippen LogP contribution is 2.17. The lowest BCUT2D eigenvalue weighted by Crippen LogP contribution is -2.49. The maximum atomic E-state index is 12.4. The molecule has 4 nitrogen and oxygen atoms in total. The van der Waals surface area contributed by atoms with Crippen LogP contribution in [0.5, 0.6) is 0 Å². The Balaban J connectivity index is 1.58. The van der Waals surface area contributed by atoms with Crippen molar-refractivity contribution < 1.29 is 9.53 Å². The summed E-state index contributed by atoms with van der Waals surface area (Å²) in [5.74, 6) is 0.140. The minimum absolute atomic E-state index is 0.0511. The molecule has 0 aromatic heterocycles. The summed E-state index contributed by atoms with van der Waals surface area (Å²) < 4.78 is 5.97. The molecule has 1 aliphatic rings. The van der Waals surface area contributed by atoms with E-state index in [1.54, 1.807) is 0 Å². The Morgan fingerprint density at radius 1 is 1.12 bits per heavy atom. The number of benzene rings is 2. The summed E-state index contributed by atoms with van der Waals surface area (Å²) in [6.45, 7) is 6.09. The van der Waals surface area contributed by atoms with Crippen LogP contribution in [0.1, 0.15) is 18.9 Å². The van der Waals surface area contributed by atoms with Gasteiger partial charge in [0.1, 0.15) is 0 Å². The van der Waals surface area contributed by atoms with Crippen LogP contribution in [0.3, 0.4) is 0 Å². The molecule has 1 saturated heterocycles. The van der Waals surface area contributed by atoms with E-state index in [1.807, 2.05) is 42.2 Å². The summed E-state index contributed by atoms with van der Waals surface area (Å²) in [7, 11) is 0. The Labute approximate surface area is 156 Å². The third-order valence-electron chi connectivity index (χ3n) is 4.84. The fourth-order valence-corrected chi connectivity index (χ4v) is 3.38. The Kier molecular flexibility index (Phi) is 6.81. The zero-order chi connectivity index (χ0) is 18.2. The molecule has 4 heteroatoms. The van der Waals surface area contributed by atoms with Crippen molar-refractivity contribution in [1.82, 2.24) is 4.90 Å². The second kappa shape index (κ2) is 9.51. The topological polar surface area (TPSA) is 32.8 Å². The molecule has 0 radical (unpaired) electrons. The van der Waals surface area contributed by atoms with E-state index in [9.17, 15) is 4.79 Å². The highest BCUT2D eigenvalue weighted by atomic mass is 16.5. The van der Waals surface area contributed by atoms with Gasteiger partial charge in [0.2, 0.25) is 5.91 Å². The first-order valence-electron chi connectivity index (χ1n) is 9.49. The van der Waals surface area contributed by atoms with Crippen LogP contribution in [0, 0.1) is 0 Å². The molecule has 1 fully saturated rings. The third kappa shape index (κ3) is 5.16. The Hall–Kier alpha value is -2.17. The van der Waals surface area contributed by atoms with Crippen LogP contribution in [-0.2, 0) is 16.0 Å². The average molecular weight is 352 g/mol. The van der Waals surface area contributed by atoms with E-state index in [0.29, 0.717) is 13.0 Å². The quantitative estimate of drug-likeness (QED) is 0.766. The van der Waals surface area contributed by atoms with Crippen molar-refractivity contribution in [3.8, 4) is 0 Å². The lowest BCUT2D eigenvalue weighted by Gasteiger charge is -2.35. The Morgan fingerprint density at radius 3 is 2.50 bits per heavy atom. The number of anilines is 1. The molecule has 2 aromatic carbocycles. The zero-order valence-electron chi connectivity index (χ0n) is 15.5. The molecule has 26 heavy (non-hydrogen) atoms. The van der Waals surface area contributed by atoms with E-state index in [4.69, 9.17) is 4.74 Å². The Morgan fingerprint density at radius 2 is 1.81 bits per heavy atom. The highest BCUT2D eigenvalue weighted by Gasteiger charge is 2.25. The van der Waals surface area contributed by atoms with Gasteiger partial charge in [-0.1, -0.05) is 55.5 Å². The number of nitrogens with zero attached hydrogens (tertiary/aromatic N) is 2. The van der Waals surface area contributed by atoms with Crippen molar-refractivity contribution in [2.45, 2.75) is 25.9 Å². The van der Waals surface area contributed by atoms with E-state index in [1.165, 1.54) is 5.56 Å². The molecular weight excluding hydrogens is 324 g/mol. The molecule has 0 N–H and O–H groups in total. The number of morpholine rings is 1. The number of rotatable bonds is 7. The first-order valence-corrected chi connectivity index (χ1v) is 9.49. The molecule has 1 amide bonds. The number of hydrogen-bond donors (Lipinski definition) is 0. The highest BCUT2D eigenvalue weighted by molar-refractivity contribution is 5.93. The average Bonchev–Trinajstić information content (AvgIpc) is 2.72. The van der Waals surface area contributed by atoms with E-state index in [2.05, 4.69) is 35.2 Å². The molecule has 3 rings (SSSR count). The van der Waals surface area contributed by atoms with Crippen LogP contribution in [0.4, 0.5) is 5.69 Å². The normalized spacial score (nSPS) is 17.8. The minimum Gasteiger partial charge on any atom is -0.374 e.